The minimum Gasteiger partial charge on any atom is -0.490 e. The van der Waals surface area contributed by atoms with Gasteiger partial charge in [-0.3, -0.25) is 0 Å². The molecular formula is C12H19ClN2O. The Morgan fingerprint density at radius 2 is 2.12 bits per heavy atom. The van der Waals surface area contributed by atoms with E-state index in [4.69, 9.17) is 22.1 Å². The van der Waals surface area contributed by atoms with E-state index in [9.17, 15) is 0 Å². The first kappa shape index (κ1) is 13.3. The monoisotopic (exact) mass is 242 g/mol. The van der Waals surface area contributed by atoms with Gasteiger partial charge in [0.2, 0.25) is 0 Å². The maximum Gasteiger partial charge on any atom is 0.138 e. The van der Waals surface area contributed by atoms with E-state index in [1.807, 2.05) is 44.1 Å². The summed E-state index contributed by atoms with van der Waals surface area (Å²) in [5.74, 6) is 0.724. The van der Waals surface area contributed by atoms with Crippen molar-refractivity contribution in [2.24, 2.45) is 5.73 Å². The molecule has 1 rings (SSSR count). The van der Waals surface area contributed by atoms with Gasteiger partial charge >= 0.3 is 0 Å². The number of benzene rings is 1. The van der Waals surface area contributed by atoms with E-state index in [1.165, 1.54) is 0 Å². The Kier molecular flexibility index (Phi) is 5.06. The minimum atomic E-state index is 0.205. The number of nitrogens with zero attached hydrogens (tertiary/aromatic N) is 1. The summed E-state index contributed by atoms with van der Waals surface area (Å²) >= 11 is 6.03. The van der Waals surface area contributed by atoms with E-state index < -0.39 is 0 Å². The van der Waals surface area contributed by atoms with Crippen LogP contribution in [0.5, 0.6) is 5.75 Å². The number of rotatable bonds is 5. The molecule has 3 nitrogen and oxygen atoms in total. The first-order valence-corrected chi connectivity index (χ1v) is 5.68. The zero-order chi connectivity index (χ0) is 12.1. The van der Waals surface area contributed by atoms with Crippen molar-refractivity contribution in [1.82, 2.24) is 4.90 Å². The Morgan fingerprint density at radius 1 is 1.44 bits per heavy atom. The molecule has 0 fully saturated rings. The van der Waals surface area contributed by atoms with Crippen molar-refractivity contribution in [3.05, 3.63) is 28.8 Å². The second-order valence-electron chi connectivity index (χ2n) is 4.10. The molecule has 0 aliphatic heterocycles. The summed E-state index contributed by atoms with van der Waals surface area (Å²) in [4.78, 5) is 2.05. The van der Waals surface area contributed by atoms with Crippen LogP contribution in [-0.4, -0.2) is 38.2 Å². The first-order chi connectivity index (χ1) is 7.54. The van der Waals surface area contributed by atoms with E-state index >= 15 is 0 Å². The molecule has 1 unspecified atom stereocenters. The lowest BCUT2D eigenvalue weighted by Gasteiger charge is -2.23. The molecule has 0 aromatic heterocycles. The maximum absolute atomic E-state index is 6.03. The highest BCUT2D eigenvalue weighted by molar-refractivity contribution is 6.32. The third-order valence-corrected chi connectivity index (χ3v) is 2.83. The average molecular weight is 243 g/mol. The van der Waals surface area contributed by atoms with E-state index in [0.717, 1.165) is 11.3 Å². The minimum absolute atomic E-state index is 0.205. The smallest absolute Gasteiger partial charge is 0.138 e. The Balaban J connectivity index is 2.63. The van der Waals surface area contributed by atoms with Gasteiger partial charge in [0.15, 0.2) is 0 Å². The van der Waals surface area contributed by atoms with Crippen LogP contribution in [0.3, 0.4) is 0 Å². The lowest BCUT2D eigenvalue weighted by atomic mass is 10.2. The van der Waals surface area contributed by atoms with Crippen molar-refractivity contribution < 1.29 is 4.74 Å². The molecule has 16 heavy (non-hydrogen) atoms. The van der Waals surface area contributed by atoms with Gasteiger partial charge in [-0.1, -0.05) is 17.7 Å². The number of ether oxygens (including phenoxy) is 1. The maximum atomic E-state index is 6.03. The second kappa shape index (κ2) is 6.09. The summed E-state index contributed by atoms with van der Waals surface area (Å²) < 4.78 is 5.68. The SMILES string of the molecule is Cc1ccc(Cl)c(OCC(CN)N(C)C)c1. The van der Waals surface area contributed by atoms with Crippen LogP contribution in [-0.2, 0) is 0 Å². The summed E-state index contributed by atoms with van der Waals surface area (Å²) in [6.45, 7) is 3.12. The molecular weight excluding hydrogens is 224 g/mol. The highest BCUT2D eigenvalue weighted by Gasteiger charge is 2.11. The van der Waals surface area contributed by atoms with Gasteiger partial charge in [-0.2, -0.15) is 0 Å². The summed E-state index contributed by atoms with van der Waals surface area (Å²) in [7, 11) is 3.97. The molecule has 0 heterocycles. The molecule has 0 aliphatic rings. The molecule has 0 saturated carbocycles. The number of likely N-dealkylation sites (N-methyl/N-ethyl adjacent to an activating group) is 1. The molecule has 0 amide bonds. The highest BCUT2D eigenvalue weighted by Crippen LogP contribution is 2.25. The van der Waals surface area contributed by atoms with Gasteiger partial charge in [0.05, 0.1) is 11.1 Å². The van der Waals surface area contributed by atoms with Gasteiger partial charge in [0.25, 0.3) is 0 Å². The molecule has 1 aromatic carbocycles. The van der Waals surface area contributed by atoms with Gasteiger partial charge in [-0.15, -0.1) is 0 Å². The predicted molar refractivity (Wildman–Crippen MR) is 68.2 cm³/mol. The Hall–Kier alpha value is -0.770. The molecule has 90 valence electrons. The molecule has 0 bridgehead atoms. The molecule has 1 aromatic rings. The summed E-state index contributed by atoms with van der Waals surface area (Å²) in [6.07, 6.45) is 0. The Bertz CT molecular complexity index is 342. The van der Waals surface area contributed by atoms with E-state index in [0.29, 0.717) is 18.2 Å². The first-order valence-electron chi connectivity index (χ1n) is 5.30. The predicted octanol–water partition coefficient (Wildman–Crippen LogP) is 1.92. The van der Waals surface area contributed by atoms with E-state index in [-0.39, 0.29) is 6.04 Å². The lowest BCUT2D eigenvalue weighted by molar-refractivity contribution is 0.190. The Morgan fingerprint density at radius 3 is 2.69 bits per heavy atom. The van der Waals surface area contributed by atoms with Crippen molar-refractivity contribution in [3.63, 3.8) is 0 Å². The fourth-order valence-corrected chi connectivity index (χ4v) is 1.51. The third-order valence-electron chi connectivity index (χ3n) is 2.52. The number of hydrogen-bond donors (Lipinski definition) is 1. The van der Waals surface area contributed by atoms with Crippen LogP contribution in [0.2, 0.25) is 5.02 Å². The summed E-state index contributed by atoms with van der Waals surface area (Å²) in [5.41, 5.74) is 6.78. The van der Waals surface area contributed by atoms with Crippen LogP contribution in [0.4, 0.5) is 0 Å². The van der Waals surface area contributed by atoms with E-state index in [2.05, 4.69) is 0 Å². The molecule has 0 spiro atoms. The van der Waals surface area contributed by atoms with Gasteiger partial charge in [0.1, 0.15) is 12.4 Å². The van der Waals surface area contributed by atoms with Gasteiger partial charge in [-0.05, 0) is 38.7 Å². The number of nitrogens with two attached hydrogens (primary N) is 1. The Labute approximate surface area is 102 Å². The molecule has 2 N–H and O–H groups in total. The van der Waals surface area contributed by atoms with Crippen LogP contribution >= 0.6 is 11.6 Å². The van der Waals surface area contributed by atoms with E-state index in [1.54, 1.807) is 0 Å². The quantitative estimate of drug-likeness (QED) is 0.858. The van der Waals surface area contributed by atoms with Gasteiger partial charge in [-0.25, -0.2) is 0 Å². The van der Waals surface area contributed by atoms with Crippen LogP contribution in [0.1, 0.15) is 5.56 Å². The molecule has 0 aliphatic carbocycles. The fourth-order valence-electron chi connectivity index (χ4n) is 1.34. The van der Waals surface area contributed by atoms with Crippen molar-refractivity contribution >= 4 is 11.6 Å². The number of aryl methyl sites for hydroxylation is 1. The van der Waals surface area contributed by atoms with Crippen molar-refractivity contribution in [2.45, 2.75) is 13.0 Å². The topological polar surface area (TPSA) is 38.5 Å². The van der Waals surface area contributed by atoms with Crippen LogP contribution < -0.4 is 10.5 Å². The number of hydrogen-bond acceptors (Lipinski definition) is 3. The van der Waals surface area contributed by atoms with Crippen molar-refractivity contribution in [1.29, 1.82) is 0 Å². The van der Waals surface area contributed by atoms with Gasteiger partial charge < -0.3 is 15.4 Å². The van der Waals surface area contributed by atoms with Crippen LogP contribution in [0.25, 0.3) is 0 Å². The zero-order valence-electron chi connectivity index (χ0n) is 10.0. The second-order valence-corrected chi connectivity index (χ2v) is 4.51. The largest absolute Gasteiger partial charge is 0.490 e. The standard InChI is InChI=1S/C12H19ClN2O/c1-9-4-5-11(13)12(6-9)16-8-10(7-14)15(2)3/h4-6,10H,7-8,14H2,1-3H3. The van der Waals surface area contributed by atoms with Crippen LogP contribution in [0, 0.1) is 6.92 Å². The average Bonchev–Trinajstić information content (AvgIpc) is 2.23. The third kappa shape index (κ3) is 3.67. The normalized spacial score (nSPS) is 12.9. The fraction of sp³-hybridized carbons (Fsp3) is 0.500. The highest BCUT2D eigenvalue weighted by atomic mass is 35.5. The number of halogens is 1. The van der Waals surface area contributed by atoms with Gasteiger partial charge in [0, 0.05) is 6.54 Å². The molecule has 1 atom stereocenters. The summed E-state index contributed by atoms with van der Waals surface area (Å²) in [5, 5.41) is 0.639. The molecule has 4 heteroatoms. The van der Waals surface area contributed by atoms with Crippen molar-refractivity contribution in [3.8, 4) is 5.75 Å². The zero-order valence-corrected chi connectivity index (χ0v) is 10.8. The molecule has 0 saturated heterocycles. The molecule has 0 radical (unpaired) electrons. The summed E-state index contributed by atoms with van der Waals surface area (Å²) in [6, 6.07) is 5.95. The lowest BCUT2D eigenvalue weighted by Crippen LogP contribution is -2.39. The van der Waals surface area contributed by atoms with Crippen LogP contribution in [0.15, 0.2) is 18.2 Å². The van der Waals surface area contributed by atoms with Crippen molar-refractivity contribution in [2.75, 3.05) is 27.2 Å².